The highest BCUT2D eigenvalue weighted by molar-refractivity contribution is 9.11. The number of amides is 2. The molecule has 176 valence electrons. The number of carbonyl (C=O) groups excluding carboxylic acids is 1. The van der Waals surface area contributed by atoms with Gasteiger partial charge in [-0.25, -0.2) is 4.79 Å². The molecule has 7 nitrogen and oxygen atoms in total. The van der Waals surface area contributed by atoms with Crippen molar-refractivity contribution < 1.29 is 24.2 Å². The van der Waals surface area contributed by atoms with Crippen molar-refractivity contribution in [3.8, 4) is 11.5 Å². The fraction of sp³-hybridized carbons (Fsp3) is 0.280. The molecule has 33 heavy (non-hydrogen) atoms. The first-order valence-electron chi connectivity index (χ1n) is 10.3. The molecule has 2 rings (SSSR count). The summed E-state index contributed by atoms with van der Waals surface area (Å²) in [4.78, 5) is 28.5. The normalized spacial score (nSPS) is 11.2. The lowest BCUT2D eigenvalue weighted by atomic mass is 10.1. The molecule has 0 saturated carbocycles. The second-order valence-corrected chi connectivity index (χ2v) is 8.45. The largest absolute Gasteiger partial charge is 0.497 e. The van der Waals surface area contributed by atoms with E-state index in [1.807, 2.05) is 36.4 Å². The first kappa shape index (κ1) is 26.0. The van der Waals surface area contributed by atoms with Crippen LogP contribution in [0.5, 0.6) is 11.5 Å². The van der Waals surface area contributed by atoms with Crippen LogP contribution in [0.2, 0.25) is 0 Å². The van der Waals surface area contributed by atoms with Gasteiger partial charge in [-0.05, 0) is 24.1 Å². The maximum absolute atomic E-state index is 13.7. The predicted octanol–water partition coefficient (Wildman–Crippen LogP) is 5.07. The molecule has 2 aromatic carbocycles. The molecule has 0 spiro atoms. The highest BCUT2D eigenvalue weighted by atomic mass is 79.9. The van der Waals surface area contributed by atoms with Crippen LogP contribution in [0.1, 0.15) is 17.5 Å². The number of hydrogen-bond donors (Lipinski definition) is 1. The summed E-state index contributed by atoms with van der Waals surface area (Å²) in [5.41, 5.74) is 1.54. The van der Waals surface area contributed by atoms with E-state index in [-0.39, 0.29) is 32.0 Å². The van der Waals surface area contributed by atoms with Crippen LogP contribution in [0.3, 0.4) is 0 Å². The Morgan fingerprint density at radius 3 is 2.36 bits per heavy atom. The number of carboxylic acid groups (broad SMARTS) is 1. The third-order valence-electron chi connectivity index (χ3n) is 5.02. The van der Waals surface area contributed by atoms with E-state index in [1.54, 1.807) is 37.3 Å². The summed E-state index contributed by atoms with van der Waals surface area (Å²) in [7, 11) is 3.10. The molecule has 8 heteroatoms. The molecule has 0 bridgehead atoms. The molecule has 1 N–H and O–H groups in total. The van der Waals surface area contributed by atoms with Crippen molar-refractivity contribution in [1.29, 1.82) is 0 Å². The molecule has 0 fully saturated rings. The standard InChI is InChI=1S/C25H29BrN2O5/c1-5-9-22(28(25(30)31)16-19-10-7-6-8-11-19)24(29)27(15-18(2)26)17-20-12-13-21(32-3)14-23(20)33-4/h5-8,10-14,22H,1-2,9,15-17H2,3-4H3,(H,30,31)/t22-/m1/s1. The summed E-state index contributed by atoms with van der Waals surface area (Å²) >= 11 is 3.33. The monoisotopic (exact) mass is 516 g/mol. The van der Waals surface area contributed by atoms with Gasteiger partial charge in [0, 0.05) is 29.2 Å². The number of hydrogen-bond acceptors (Lipinski definition) is 4. The van der Waals surface area contributed by atoms with E-state index in [4.69, 9.17) is 9.47 Å². The molecular formula is C25H29BrN2O5. The van der Waals surface area contributed by atoms with E-state index >= 15 is 0 Å². The van der Waals surface area contributed by atoms with Gasteiger partial charge in [0.25, 0.3) is 0 Å². The van der Waals surface area contributed by atoms with Crippen molar-refractivity contribution in [2.45, 2.75) is 25.6 Å². The lowest BCUT2D eigenvalue weighted by molar-refractivity contribution is -0.136. The summed E-state index contributed by atoms with van der Waals surface area (Å²) in [6, 6.07) is 13.6. The van der Waals surface area contributed by atoms with Gasteiger partial charge in [0.15, 0.2) is 0 Å². The number of halogens is 1. The third-order valence-corrected chi connectivity index (χ3v) is 5.27. The van der Waals surface area contributed by atoms with Crippen molar-refractivity contribution in [2.24, 2.45) is 0 Å². The zero-order valence-corrected chi connectivity index (χ0v) is 20.5. The van der Waals surface area contributed by atoms with E-state index in [1.165, 1.54) is 0 Å². The number of ether oxygens (including phenoxy) is 2. The van der Waals surface area contributed by atoms with E-state index < -0.39 is 12.1 Å². The molecule has 0 unspecified atom stereocenters. The van der Waals surface area contributed by atoms with Crippen molar-refractivity contribution in [2.75, 3.05) is 20.8 Å². The minimum absolute atomic E-state index is 0.0787. The Bertz CT molecular complexity index is 980. The molecule has 0 aromatic heterocycles. The minimum Gasteiger partial charge on any atom is -0.497 e. The van der Waals surface area contributed by atoms with Crippen LogP contribution in [-0.2, 0) is 17.9 Å². The lowest BCUT2D eigenvalue weighted by Gasteiger charge is -2.33. The second-order valence-electron chi connectivity index (χ2n) is 7.33. The summed E-state index contributed by atoms with van der Waals surface area (Å²) < 4.78 is 11.3. The zero-order valence-electron chi connectivity index (χ0n) is 18.9. The van der Waals surface area contributed by atoms with Crippen molar-refractivity contribution in [3.05, 3.63) is 83.4 Å². The Balaban J connectivity index is 2.39. The Morgan fingerprint density at radius 2 is 1.82 bits per heavy atom. The van der Waals surface area contributed by atoms with Crippen LogP contribution >= 0.6 is 15.9 Å². The molecule has 1 atom stereocenters. The quantitative estimate of drug-likeness (QED) is 0.398. The van der Waals surface area contributed by atoms with Crippen LogP contribution < -0.4 is 9.47 Å². The van der Waals surface area contributed by atoms with Gasteiger partial charge in [0.2, 0.25) is 5.91 Å². The van der Waals surface area contributed by atoms with E-state index in [0.717, 1.165) is 16.0 Å². The van der Waals surface area contributed by atoms with Crippen molar-refractivity contribution in [3.63, 3.8) is 0 Å². The number of carbonyl (C=O) groups is 2. The van der Waals surface area contributed by atoms with Gasteiger partial charge in [-0.15, -0.1) is 6.58 Å². The number of rotatable bonds is 12. The predicted molar refractivity (Wildman–Crippen MR) is 132 cm³/mol. The second kappa shape index (κ2) is 12.7. The molecule has 2 amide bonds. The average Bonchev–Trinajstić information content (AvgIpc) is 2.80. The fourth-order valence-corrected chi connectivity index (χ4v) is 3.73. The smallest absolute Gasteiger partial charge is 0.408 e. The molecule has 0 aliphatic heterocycles. The molecule has 0 heterocycles. The number of benzene rings is 2. The number of methoxy groups -OCH3 is 2. The van der Waals surface area contributed by atoms with Crippen LogP contribution in [0.15, 0.2) is 72.2 Å². The molecule has 2 aromatic rings. The van der Waals surface area contributed by atoms with E-state index in [0.29, 0.717) is 16.0 Å². The maximum atomic E-state index is 13.7. The molecule has 0 aliphatic carbocycles. The summed E-state index contributed by atoms with van der Waals surface area (Å²) in [5.74, 6) is 0.835. The summed E-state index contributed by atoms with van der Waals surface area (Å²) in [5, 5.41) is 9.93. The van der Waals surface area contributed by atoms with Crippen molar-refractivity contribution in [1.82, 2.24) is 9.80 Å². The Kier molecular flexibility index (Phi) is 10.00. The first-order chi connectivity index (χ1) is 15.8. The third kappa shape index (κ3) is 7.39. The van der Waals surface area contributed by atoms with Crippen LogP contribution in [-0.4, -0.2) is 53.7 Å². The summed E-state index contributed by atoms with van der Waals surface area (Å²) in [6.45, 7) is 8.07. The van der Waals surface area contributed by atoms with Gasteiger partial charge in [-0.3, -0.25) is 9.69 Å². The molecule has 0 aliphatic rings. The van der Waals surface area contributed by atoms with Crippen LogP contribution in [0.4, 0.5) is 4.79 Å². The van der Waals surface area contributed by atoms with Gasteiger partial charge in [-0.2, -0.15) is 0 Å². The van der Waals surface area contributed by atoms with E-state index in [9.17, 15) is 14.7 Å². The molecule has 0 saturated heterocycles. The minimum atomic E-state index is -1.18. The van der Waals surface area contributed by atoms with Crippen LogP contribution in [0, 0.1) is 0 Å². The van der Waals surface area contributed by atoms with Crippen molar-refractivity contribution >= 4 is 27.9 Å². The fourth-order valence-electron chi connectivity index (χ4n) is 3.43. The Morgan fingerprint density at radius 1 is 1.12 bits per heavy atom. The SMILES string of the molecule is C=CC[C@H](C(=O)N(CC(=C)Br)Cc1ccc(OC)cc1OC)N(Cc1ccccc1)C(=O)O. The Labute approximate surface area is 203 Å². The topological polar surface area (TPSA) is 79.3 Å². The molecular weight excluding hydrogens is 488 g/mol. The van der Waals surface area contributed by atoms with Crippen LogP contribution in [0.25, 0.3) is 0 Å². The summed E-state index contributed by atoms with van der Waals surface area (Å²) in [6.07, 6.45) is 0.542. The van der Waals surface area contributed by atoms with Gasteiger partial charge in [0.05, 0.1) is 20.8 Å². The lowest BCUT2D eigenvalue weighted by Crippen LogP contribution is -2.50. The van der Waals surface area contributed by atoms with Gasteiger partial charge >= 0.3 is 6.09 Å². The average molecular weight is 517 g/mol. The highest BCUT2D eigenvalue weighted by Gasteiger charge is 2.32. The van der Waals surface area contributed by atoms with Gasteiger partial charge < -0.3 is 19.5 Å². The zero-order chi connectivity index (χ0) is 24.4. The van der Waals surface area contributed by atoms with E-state index in [2.05, 4.69) is 29.1 Å². The van der Waals surface area contributed by atoms with Gasteiger partial charge in [0.1, 0.15) is 17.5 Å². The van der Waals surface area contributed by atoms with Gasteiger partial charge in [-0.1, -0.05) is 58.9 Å². The molecule has 0 radical (unpaired) electrons. The number of nitrogens with zero attached hydrogens (tertiary/aromatic N) is 2. The highest BCUT2D eigenvalue weighted by Crippen LogP contribution is 2.27. The Hall–Kier alpha value is -3.26. The first-order valence-corrected chi connectivity index (χ1v) is 11.1. The maximum Gasteiger partial charge on any atom is 0.408 e.